The molecule has 3 rings (SSSR count). The molecule has 0 heterocycles. The third-order valence-corrected chi connectivity index (χ3v) is 7.24. The molecule has 0 saturated carbocycles. The lowest BCUT2D eigenvalue weighted by Crippen LogP contribution is -2.28. The lowest BCUT2D eigenvalue weighted by atomic mass is 9.85. The largest absolute Gasteiger partial charge is 0.460 e. The molecule has 1 aliphatic rings. The molecule has 0 aromatic heterocycles. The number of ketones is 2. The van der Waals surface area contributed by atoms with Gasteiger partial charge in [-0.25, -0.2) is 0 Å². The van der Waals surface area contributed by atoms with Gasteiger partial charge >= 0.3 is 11.9 Å². The number of ether oxygens (including phenoxy) is 2. The Morgan fingerprint density at radius 3 is 1.60 bits per heavy atom. The van der Waals surface area contributed by atoms with Crippen molar-refractivity contribution < 1.29 is 28.7 Å². The van der Waals surface area contributed by atoms with Crippen LogP contribution in [0, 0.1) is 10.8 Å². The Hall–Kier alpha value is -3.80. The standard InChI is InChI=1S/C34H40O6.C2H6/c1-33(2,31(37)39-23-25-11-7-5-8-12-25)21-19-29(35)27-15-17-28(18-16-27)30(36)20-22-34(3,4)32(38)40-24-26-13-9-6-10-14-26;1-2/h5,7-9,11-18H,6,10,19-24H2,1-4H3;1-2H3. The Labute approximate surface area is 251 Å². The summed E-state index contributed by atoms with van der Waals surface area (Å²) in [7, 11) is 0. The number of benzene rings is 2. The van der Waals surface area contributed by atoms with E-state index < -0.39 is 10.8 Å². The molecule has 226 valence electrons. The molecular weight excluding hydrogens is 528 g/mol. The van der Waals surface area contributed by atoms with Crippen LogP contribution in [0.25, 0.3) is 0 Å². The van der Waals surface area contributed by atoms with Gasteiger partial charge in [0.2, 0.25) is 0 Å². The van der Waals surface area contributed by atoms with Crippen molar-refractivity contribution >= 4 is 23.5 Å². The van der Waals surface area contributed by atoms with E-state index in [2.05, 4.69) is 12.2 Å². The molecule has 6 nitrogen and oxygen atoms in total. The first-order chi connectivity index (χ1) is 20.0. The van der Waals surface area contributed by atoms with Gasteiger partial charge < -0.3 is 9.47 Å². The van der Waals surface area contributed by atoms with Crippen LogP contribution in [0.5, 0.6) is 0 Å². The molecular formula is C36H46O6. The van der Waals surface area contributed by atoms with E-state index in [4.69, 9.17) is 9.47 Å². The highest BCUT2D eigenvalue weighted by atomic mass is 16.5. The molecule has 1 aliphatic carbocycles. The van der Waals surface area contributed by atoms with Crippen LogP contribution < -0.4 is 0 Å². The van der Waals surface area contributed by atoms with E-state index >= 15 is 0 Å². The maximum absolute atomic E-state index is 12.8. The first-order valence-electron chi connectivity index (χ1n) is 14.9. The number of allylic oxidation sites excluding steroid dienone is 2. The van der Waals surface area contributed by atoms with E-state index in [9.17, 15) is 19.2 Å². The first-order valence-corrected chi connectivity index (χ1v) is 14.9. The summed E-state index contributed by atoms with van der Waals surface area (Å²) in [6.45, 7) is 11.6. The lowest BCUT2D eigenvalue weighted by Gasteiger charge is -2.22. The molecule has 0 fully saturated rings. The predicted molar refractivity (Wildman–Crippen MR) is 166 cm³/mol. The van der Waals surface area contributed by atoms with Crippen molar-refractivity contribution in [2.75, 3.05) is 6.61 Å². The molecule has 0 amide bonds. The van der Waals surface area contributed by atoms with Crippen molar-refractivity contribution in [2.45, 2.75) is 86.7 Å². The first kappa shape index (κ1) is 34.4. The summed E-state index contributed by atoms with van der Waals surface area (Å²) in [5, 5.41) is 0. The Morgan fingerprint density at radius 2 is 1.14 bits per heavy atom. The highest BCUT2D eigenvalue weighted by Crippen LogP contribution is 2.28. The van der Waals surface area contributed by atoms with Gasteiger partial charge in [0, 0.05) is 24.0 Å². The smallest absolute Gasteiger partial charge is 0.311 e. The molecule has 6 heteroatoms. The summed E-state index contributed by atoms with van der Waals surface area (Å²) in [5.74, 6) is -0.873. The molecule has 0 radical (unpaired) electrons. The number of carbonyl (C=O) groups is 4. The maximum atomic E-state index is 12.8. The van der Waals surface area contributed by atoms with E-state index in [1.165, 1.54) is 0 Å². The minimum Gasteiger partial charge on any atom is -0.460 e. The molecule has 0 bridgehead atoms. The average Bonchev–Trinajstić information content (AvgIpc) is 3.02. The van der Waals surface area contributed by atoms with Crippen LogP contribution in [0.4, 0.5) is 0 Å². The van der Waals surface area contributed by atoms with Gasteiger partial charge in [0.05, 0.1) is 10.8 Å². The number of esters is 2. The van der Waals surface area contributed by atoms with Crippen molar-refractivity contribution in [1.82, 2.24) is 0 Å². The summed E-state index contributed by atoms with van der Waals surface area (Å²) < 4.78 is 10.9. The summed E-state index contributed by atoms with van der Waals surface area (Å²) in [5.41, 5.74) is 1.28. The maximum Gasteiger partial charge on any atom is 0.311 e. The quantitative estimate of drug-likeness (QED) is 0.167. The van der Waals surface area contributed by atoms with Crippen LogP contribution in [0.1, 0.15) is 106 Å². The summed E-state index contributed by atoms with van der Waals surface area (Å²) in [6, 6.07) is 16.0. The molecule has 0 aliphatic heterocycles. The normalized spacial score (nSPS) is 12.9. The van der Waals surface area contributed by atoms with Gasteiger partial charge in [-0.2, -0.15) is 0 Å². The third-order valence-electron chi connectivity index (χ3n) is 7.24. The second-order valence-electron chi connectivity index (χ2n) is 11.6. The molecule has 0 unspecified atom stereocenters. The number of hydrogen-bond donors (Lipinski definition) is 0. The zero-order valence-corrected chi connectivity index (χ0v) is 26.0. The van der Waals surface area contributed by atoms with Crippen molar-refractivity contribution in [3.63, 3.8) is 0 Å². The van der Waals surface area contributed by atoms with E-state index in [0.717, 1.165) is 24.0 Å². The van der Waals surface area contributed by atoms with Crippen LogP contribution in [0.15, 0.2) is 78.4 Å². The van der Waals surface area contributed by atoms with Crippen molar-refractivity contribution in [1.29, 1.82) is 0 Å². The Bertz CT molecular complexity index is 1250. The van der Waals surface area contributed by atoms with Gasteiger partial charge in [-0.15, -0.1) is 0 Å². The Balaban J connectivity index is 0.00000301. The van der Waals surface area contributed by atoms with Gasteiger partial charge in [0.15, 0.2) is 11.6 Å². The Morgan fingerprint density at radius 1 is 0.667 bits per heavy atom. The van der Waals surface area contributed by atoms with Gasteiger partial charge in [-0.05, 0) is 64.5 Å². The average molecular weight is 575 g/mol. The van der Waals surface area contributed by atoms with E-state index in [-0.39, 0.29) is 49.6 Å². The van der Waals surface area contributed by atoms with Crippen molar-refractivity contribution in [3.8, 4) is 0 Å². The number of rotatable bonds is 14. The van der Waals surface area contributed by atoms with Gasteiger partial charge in [-0.3, -0.25) is 19.2 Å². The summed E-state index contributed by atoms with van der Waals surface area (Å²) >= 11 is 0. The second-order valence-corrected chi connectivity index (χ2v) is 11.6. The van der Waals surface area contributed by atoms with Crippen LogP contribution >= 0.6 is 0 Å². The number of hydrogen-bond acceptors (Lipinski definition) is 6. The van der Waals surface area contributed by atoms with Crippen molar-refractivity contribution in [3.05, 3.63) is 95.1 Å². The van der Waals surface area contributed by atoms with Gasteiger partial charge in [0.1, 0.15) is 13.2 Å². The Kier molecular flexibility index (Phi) is 13.6. The van der Waals surface area contributed by atoms with Gasteiger partial charge in [0.25, 0.3) is 0 Å². The molecule has 0 N–H and O–H groups in total. The fraction of sp³-hybridized carbons (Fsp3) is 0.444. The number of Topliss-reactive ketones (excluding diaryl/α,β-unsaturated/α-hetero) is 2. The minimum atomic E-state index is -0.807. The third kappa shape index (κ3) is 10.9. The highest BCUT2D eigenvalue weighted by molar-refractivity contribution is 5.99. The topological polar surface area (TPSA) is 86.7 Å². The molecule has 42 heavy (non-hydrogen) atoms. The zero-order chi connectivity index (χ0) is 31.2. The van der Waals surface area contributed by atoms with Crippen LogP contribution in [-0.4, -0.2) is 30.1 Å². The minimum absolute atomic E-state index is 0.0971. The highest BCUT2D eigenvalue weighted by Gasteiger charge is 2.31. The van der Waals surface area contributed by atoms with E-state index in [1.807, 2.05) is 50.3 Å². The van der Waals surface area contributed by atoms with Crippen LogP contribution in [0.2, 0.25) is 0 Å². The predicted octanol–water partition coefficient (Wildman–Crippen LogP) is 8.25. The zero-order valence-electron chi connectivity index (χ0n) is 26.0. The molecule has 0 saturated heterocycles. The summed E-state index contributed by atoms with van der Waals surface area (Å²) in [4.78, 5) is 50.8. The molecule has 2 aromatic rings. The fourth-order valence-corrected chi connectivity index (χ4v) is 4.22. The lowest BCUT2D eigenvalue weighted by molar-refractivity contribution is -0.155. The van der Waals surface area contributed by atoms with Crippen LogP contribution in [0.3, 0.4) is 0 Å². The molecule has 2 aromatic carbocycles. The van der Waals surface area contributed by atoms with Gasteiger partial charge in [-0.1, -0.05) is 86.7 Å². The SMILES string of the molecule is CC.CC(C)(CCC(=O)c1ccc(C(=O)CCC(C)(C)C(=O)OCc2ccccc2)cc1)C(=O)OCC1=CCCC=C1. The van der Waals surface area contributed by atoms with E-state index in [0.29, 0.717) is 24.0 Å². The molecule has 0 atom stereocenters. The number of carbonyl (C=O) groups excluding carboxylic acids is 4. The summed E-state index contributed by atoms with van der Waals surface area (Å²) in [6.07, 6.45) is 9.15. The van der Waals surface area contributed by atoms with E-state index in [1.54, 1.807) is 52.0 Å². The van der Waals surface area contributed by atoms with Crippen LogP contribution in [-0.2, 0) is 25.7 Å². The molecule has 0 spiro atoms. The van der Waals surface area contributed by atoms with Crippen molar-refractivity contribution in [2.24, 2.45) is 10.8 Å². The monoisotopic (exact) mass is 574 g/mol. The second kappa shape index (κ2) is 16.6. The fourth-order valence-electron chi connectivity index (χ4n) is 4.22.